The summed E-state index contributed by atoms with van der Waals surface area (Å²) in [5.74, 6) is 0. The van der Waals surface area contributed by atoms with E-state index in [1.165, 1.54) is 0 Å². The minimum absolute atomic E-state index is 0.304. The van der Waals surface area contributed by atoms with Gasteiger partial charge in [0.05, 0.1) is 5.39 Å². The first-order valence-electron chi connectivity index (χ1n) is 3.75. The molecule has 0 radical (unpaired) electrons. The minimum Gasteiger partial charge on any atom is -0.335 e. The molecule has 0 aliphatic heterocycles. The number of nitrogens with zero attached hydrogens (tertiary/aromatic N) is 3. The first-order chi connectivity index (χ1) is 6.22. The summed E-state index contributed by atoms with van der Waals surface area (Å²) < 4.78 is 1.93. The molecule has 0 aliphatic rings. The normalized spacial score (nSPS) is 11.0. The van der Waals surface area contributed by atoms with Crippen molar-refractivity contribution in [3.8, 4) is 0 Å². The lowest BCUT2D eigenvalue weighted by molar-refractivity contribution is 0.937. The fourth-order valence-electron chi connectivity index (χ4n) is 1.24. The maximum atomic E-state index is 5.78. The molecule has 0 atom stereocenters. The van der Waals surface area contributed by atoms with Gasteiger partial charge < -0.3 is 4.57 Å². The van der Waals surface area contributed by atoms with Crippen LogP contribution >= 0.6 is 23.4 Å². The third kappa shape index (κ3) is 1.40. The molecule has 13 heavy (non-hydrogen) atoms. The van der Waals surface area contributed by atoms with Crippen LogP contribution in [0.5, 0.6) is 0 Å². The van der Waals surface area contributed by atoms with Gasteiger partial charge in [-0.25, -0.2) is 4.98 Å². The van der Waals surface area contributed by atoms with Gasteiger partial charge in [0, 0.05) is 13.2 Å². The lowest BCUT2D eigenvalue weighted by atomic mass is 10.4. The van der Waals surface area contributed by atoms with Crippen LogP contribution in [0, 0.1) is 0 Å². The summed E-state index contributed by atoms with van der Waals surface area (Å²) in [4.78, 5) is 8.28. The van der Waals surface area contributed by atoms with Gasteiger partial charge in [-0.2, -0.15) is 4.98 Å². The maximum absolute atomic E-state index is 5.78. The largest absolute Gasteiger partial charge is 0.335 e. The van der Waals surface area contributed by atoms with E-state index in [2.05, 4.69) is 9.97 Å². The van der Waals surface area contributed by atoms with Gasteiger partial charge in [0.15, 0.2) is 0 Å². The zero-order chi connectivity index (χ0) is 9.42. The number of aromatic nitrogens is 3. The molecule has 0 saturated heterocycles. The molecule has 5 heteroatoms. The molecule has 2 aromatic rings. The number of rotatable bonds is 1. The minimum atomic E-state index is 0.304. The van der Waals surface area contributed by atoms with E-state index in [-0.39, 0.29) is 0 Å². The van der Waals surface area contributed by atoms with Gasteiger partial charge in [-0.1, -0.05) is 0 Å². The van der Waals surface area contributed by atoms with Crippen LogP contribution in [0.1, 0.15) is 0 Å². The Labute approximate surface area is 85.1 Å². The van der Waals surface area contributed by atoms with Crippen molar-refractivity contribution in [2.24, 2.45) is 7.05 Å². The summed E-state index contributed by atoms with van der Waals surface area (Å²) in [6, 6.07) is 2.00. The van der Waals surface area contributed by atoms with Gasteiger partial charge in [-0.15, -0.1) is 11.8 Å². The Balaban J connectivity index is 2.84. The van der Waals surface area contributed by atoms with Crippen LogP contribution in [0.3, 0.4) is 0 Å². The van der Waals surface area contributed by atoms with Crippen LogP contribution in [0.15, 0.2) is 17.3 Å². The van der Waals surface area contributed by atoms with Crippen molar-refractivity contribution in [2.75, 3.05) is 6.26 Å². The van der Waals surface area contributed by atoms with Gasteiger partial charge in [-0.05, 0) is 23.9 Å². The van der Waals surface area contributed by atoms with Crippen molar-refractivity contribution in [2.45, 2.75) is 5.03 Å². The fourth-order valence-corrected chi connectivity index (χ4v) is 2.01. The molecule has 0 amide bonds. The Kier molecular flexibility index (Phi) is 2.17. The van der Waals surface area contributed by atoms with Crippen LogP contribution in [0.25, 0.3) is 11.0 Å². The Morgan fingerprint density at radius 3 is 2.92 bits per heavy atom. The van der Waals surface area contributed by atoms with Gasteiger partial charge in [0.2, 0.25) is 5.28 Å². The average Bonchev–Trinajstić information content (AvgIpc) is 2.47. The van der Waals surface area contributed by atoms with E-state index in [1.807, 2.05) is 30.1 Å². The average molecular weight is 214 g/mol. The highest BCUT2D eigenvalue weighted by molar-refractivity contribution is 7.98. The predicted molar refractivity (Wildman–Crippen MR) is 55.3 cm³/mol. The van der Waals surface area contributed by atoms with Crippen LogP contribution in [0.4, 0.5) is 0 Å². The summed E-state index contributed by atoms with van der Waals surface area (Å²) in [6.07, 6.45) is 3.93. The molecular formula is C8H8ClN3S. The Hall–Kier alpha value is -0.740. The quantitative estimate of drug-likeness (QED) is 0.414. The number of thioether (sulfide) groups is 1. The smallest absolute Gasteiger partial charge is 0.225 e. The van der Waals surface area contributed by atoms with E-state index in [1.54, 1.807) is 11.8 Å². The van der Waals surface area contributed by atoms with Crippen molar-refractivity contribution in [3.05, 3.63) is 17.5 Å². The van der Waals surface area contributed by atoms with Crippen molar-refractivity contribution in [3.63, 3.8) is 0 Å². The van der Waals surface area contributed by atoms with E-state index in [9.17, 15) is 0 Å². The first-order valence-corrected chi connectivity index (χ1v) is 5.35. The van der Waals surface area contributed by atoms with E-state index >= 15 is 0 Å². The number of fused-ring (bicyclic) bond motifs is 1. The number of aryl methyl sites for hydroxylation is 1. The molecule has 0 spiro atoms. The van der Waals surface area contributed by atoms with E-state index in [0.29, 0.717) is 5.28 Å². The number of hydrogen-bond acceptors (Lipinski definition) is 3. The van der Waals surface area contributed by atoms with Gasteiger partial charge in [0.1, 0.15) is 10.7 Å². The highest BCUT2D eigenvalue weighted by atomic mass is 35.5. The molecule has 3 nitrogen and oxygen atoms in total. The van der Waals surface area contributed by atoms with Crippen molar-refractivity contribution in [1.29, 1.82) is 0 Å². The van der Waals surface area contributed by atoms with Gasteiger partial charge >= 0.3 is 0 Å². The van der Waals surface area contributed by atoms with E-state index in [4.69, 9.17) is 11.6 Å². The molecule has 0 fully saturated rings. The monoisotopic (exact) mass is 213 g/mol. The van der Waals surface area contributed by atoms with Crippen LogP contribution in [-0.2, 0) is 7.05 Å². The second-order valence-electron chi connectivity index (χ2n) is 2.67. The molecule has 0 unspecified atom stereocenters. The van der Waals surface area contributed by atoms with E-state index in [0.717, 1.165) is 16.1 Å². The standard InChI is InChI=1S/C8H8ClN3S/c1-12-4-3-5-6(12)10-8(9)11-7(5)13-2/h3-4H,1-2H3. The molecule has 0 aromatic carbocycles. The first kappa shape index (κ1) is 8.84. The van der Waals surface area contributed by atoms with Crippen LogP contribution in [0.2, 0.25) is 5.28 Å². The summed E-state index contributed by atoms with van der Waals surface area (Å²) in [5, 5.41) is 2.29. The lowest BCUT2D eigenvalue weighted by Gasteiger charge is -1.99. The second-order valence-corrected chi connectivity index (χ2v) is 3.80. The predicted octanol–water partition coefficient (Wildman–Crippen LogP) is 2.34. The molecule has 2 heterocycles. The summed E-state index contributed by atoms with van der Waals surface area (Å²) in [6.45, 7) is 0. The summed E-state index contributed by atoms with van der Waals surface area (Å²) >= 11 is 7.36. The van der Waals surface area contributed by atoms with Gasteiger partial charge in [0.25, 0.3) is 0 Å². The SMILES string of the molecule is CSc1nc(Cl)nc2c1ccn2C. The molecule has 2 aromatic heterocycles. The second kappa shape index (κ2) is 3.20. The Bertz CT molecular complexity index is 452. The maximum Gasteiger partial charge on any atom is 0.225 e. The number of hydrogen-bond donors (Lipinski definition) is 0. The van der Waals surface area contributed by atoms with Crippen LogP contribution < -0.4 is 0 Å². The zero-order valence-corrected chi connectivity index (χ0v) is 8.85. The molecule has 0 aliphatic carbocycles. The molecule has 68 valence electrons. The number of halogens is 1. The molecule has 0 N–H and O–H groups in total. The Morgan fingerprint density at radius 2 is 2.23 bits per heavy atom. The van der Waals surface area contributed by atoms with Crippen molar-refractivity contribution in [1.82, 2.24) is 14.5 Å². The van der Waals surface area contributed by atoms with E-state index < -0.39 is 0 Å². The highest BCUT2D eigenvalue weighted by Gasteiger charge is 2.07. The Morgan fingerprint density at radius 1 is 1.46 bits per heavy atom. The highest BCUT2D eigenvalue weighted by Crippen LogP contribution is 2.24. The fraction of sp³-hybridized carbons (Fsp3) is 0.250. The van der Waals surface area contributed by atoms with Crippen LogP contribution in [-0.4, -0.2) is 20.8 Å². The molecule has 2 rings (SSSR count). The summed E-state index contributed by atoms with van der Waals surface area (Å²) in [5.41, 5.74) is 0.879. The molecular weight excluding hydrogens is 206 g/mol. The third-order valence-corrected chi connectivity index (χ3v) is 2.72. The zero-order valence-electron chi connectivity index (χ0n) is 7.28. The molecule has 0 saturated carbocycles. The van der Waals surface area contributed by atoms with Crippen molar-refractivity contribution >= 4 is 34.4 Å². The third-order valence-electron chi connectivity index (χ3n) is 1.86. The van der Waals surface area contributed by atoms with Gasteiger partial charge in [-0.3, -0.25) is 0 Å². The van der Waals surface area contributed by atoms with Crippen molar-refractivity contribution < 1.29 is 0 Å². The molecule has 0 bridgehead atoms. The topological polar surface area (TPSA) is 30.7 Å². The summed E-state index contributed by atoms with van der Waals surface area (Å²) in [7, 11) is 1.94. The lowest BCUT2D eigenvalue weighted by Crippen LogP contribution is -1.91.